The van der Waals surface area contributed by atoms with Crippen LogP contribution >= 0.6 is 0 Å². The molecule has 27 heavy (non-hydrogen) atoms. The van der Waals surface area contributed by atoms with Gasteiger partial charge in [0.1, 0.15) is 0 Å². The van der Waals surface area contributed by atoms with E-state index in [1.807, 2.05) is 18.2 Å². The van der Waals surface area contributed by atoms with Crippen molar-refractivity contribution in [3.63, 3.8) is 0 Å². The Hall–Kier alpha value is -3.28. The number of carbonyl (C=O) groups excluding carboxylic acids is 4. The number of aryl methyl sites for hydroxylation is 2. The van der Waals surface area contributed by atoms with Crippen LogP contribution in [-0.2, 0) is 29.0 Å². The Bertz CT molecular complexity index is 952. The molecule has 1 saturated heterocycles. The van der Waals surface area contributed by atoms with Crippen molar-refractivity contribution < 1.29 is 19.2 Å². The molecule has 2 aliphatic rings. The van der Waals surface area contributed by atoms with Gasteiger partial charge in [-0.3, -0.25) is 19.3 Å². The van der Waals surface area contributed by atoms with E-state index in [0.717, 1.165) is 40.2 Å². The number of fused-ring (bicyclic) bond motifs is 1. The van der Waals surface area contributed by atoms with E-state index in [2.05, 4.69) is 0 Å². The molecule has 0 radical (unpaired) electrons. The Balaban J connectivity index is 1.50. The second kappa shape index (κ2) is 6.79. The zero-order valence-electron chi connectivity index (χ0n) is 14.7. The smallest absolute Gasteiger partial charge is 0.292 e. The van der Waals surface area contributed by atoms with Crippen molar-refractivity contribution >= 4 is 23.6 Å². The molecule has 4 rings (SSSR count). The number of carbonyl (C=O) groups is 4. The van der Waals surface area contributed by atoms with Crippen molar-refractivity contribution in [3.8, 4) is 0 Å². The summed E-state index contributed by atoms with van der Waals surface area (Å²) in [5.41, 5.74) is 3.58. The lowest BCUT2D eigenvalue weighted by molar-refractivity contribution is -0.143. The molecule has 4 amide bonds. The van der Waals surface area contributed by atoms with Gasteiger partial charge in [-0.05, 0) is 42.0 Å². The summed E-state index contributed by atoms with van der Waals surface area (Å²) >= 11 is 0. The first-order valence-corrected chi connectivity index (χ1v) is 8.91. The van der Waals surface area contributed by atoms with Gasteiger partial charge in [0, 0.05) is 5.56 Å². The van der Waals surface area contributed by atoms with Crippen molar-refractivity contribution in [2.75, 3.05) is 6.54 Å². The van der Waals surface area contributed by atoms with Crippen molar-refractivity contribution in [1.82, 2.24) is 9.80 Å². The second-order valence-electron chi connectivity index (χ2n) is 6.81. The van der Waals surface area contributed by atoms with Crippen LogP contribution in [0.3, 0.4) is 0 Å². The predicted octanol–water partition coefficient (Wildman–Crippen LogP) is 2.35. The van der Waals surface area contributed by atoms with Gasteiger partial charge in [0.25, 0.3) is 0 Å². The van der Waals surface area contributed by atoms with Crippen LogP contribution in [0.5, 0.6) is 0 Å². The van der Waals surface area contributed by atoms with Crippen LogP contribution in [0.25, 0.3) is 0 Å². The van der Waals surface area contributed by atoms with Gasteiger partial charge in [-0.15, -0.1) is 0 Å². The summed E-state index contributed by atoms with van der Waals surface area (Å²) in [6, 6.07) is 13.7. The van der Waals surface area contributed by atoms with Crippen molar-refractivity contribution in [3.05, 3.63) is 70.8 Å². The lowest BCUT2D eigenvalue weighted by Crippen LogP contribution is -2.36. The molecule has 2 aromatic rings. The van der Waals surface area contributed by atoms with Crippen LogP contribution in [0.4, 0.5) is 4.79 Å². The van der Waals surface area contributed by atoms with E-state index in [1.165, 1.54) is 5.56 Å². The Morgan fingerprint density at radius 3 is 2.33 bits per heavy atom. The molecule has 0 unspecified atom stereocenters. The lowest BCUT2D eigenvalue weighted by atomic mass is 10.0. The molecule has 0 aromatic heterocycles. The third kappa shape index (κ3) is 3.14. The second-order valence-corrected chi connectivity index (χ2v) is 6.81. The SMILES string of the molecule is O=C(CN1C(=O)C(=O)N(Cc2ccccc2)C1=O)c1ccc2c(c1)CCC2. The minimum Gasteiger partial charge on any atom is -0.292 e. The molecule has 2 aromatic carbocycles. The number of nitrogens with zero attached hydrogens (tertiary/aromatic N) is 2. The van der Waals surface area contributed by atoms with Gasteiger partial charge in [0.15, 0.2) is 5.78 Å². The van der Waals surface area contributed by atoms with Gasteiger partial charge in [0.2, 0.25) is 0 Å². The number of rotatable bonds is 5. The monoisotopic (exact) mass is 362 g/mol. The summed E-state index contributed by atoms with van der Waals surface area (Å²) in [5, 5.41) is 0. The van der Waals surface area contributed by atoms with Gasteiger partial charge in [-0.2, -0.15) is 0 Å². The number of benzene rings is 2. The van der Waals surface area contributed by atoms with Crippen LogP contribution in [0, 0.1) is 0 Å². The molecule has 6 nitrogen and oxygen atoms in total. The predicted molar refractivity (Wildman–Crippen MR) is 96.9 cm³/mol. The number of urea groups is 1. The maximum atomic E-state index is 12.6. The Morgan fingerprint density at radius 1 is 0.852 bits per heavy atom. The first-order valence-electron chi connectivity index (χ1n) is 8.91. The van der Waals surface area contributed by atoms with Gasteiger partial charge in [0.05, 0.1) is 13.1 Å². The van der Waals surface area contributed by atoms with Crippen LogP contribution in [-0.4, -0.2) is 40.0 Å². The molecule has 6 heteroatoms. The van der Waals surface area contributed by atoms with E-state index in [0.29, 0.717) is 5.56 Å². The van der Waals surface area contributed by atoms with Crippen molar-refractivity contribution in [2.45, 2.75) is 25.8 Å². The number of imide groups is 2. The van der Waals surface area contributed by atoms with E-state index in [4.69, 9.17) is 0 Å². The molecule has 1 aliphatic carbocycles. The molecule has 1 heterocycles. The van der Waals surface area contributed by atoms with Crippen LogP contribution in [0.2, 0.25) is 0 Å². The van der Waals surface area contributed by atoms with Crippen LogP contribution in [0.1, 0.15) is 33.5 Å². The van der Waals surface area contributed by atoms with E-state index >= 15 is 0 Å². The summed E-state index contributed by atoms with van der Waals surface area (Å²) in [4.78, 5) is 51.2. The van der Waals surface area contributed by atoms with E-state index < -0.39 is 24.4 Å². The van der Waals surface area contributed by atoms with Gasteiger partial charge >= 0.3 is 17.8 Å². The highest BCUT2D eigenvalue weighted by Crippen LogP contribution is 2.23. The fourth-order valence-electron chi connectivity index (χ4n) is 3.58. The maximum absolute atomic E-state index is 12.6. The van der Waals surface area contributed by atoms with Gasteiger partial charge in [-0.25, -0.2) is 9.69 Å². The average molecular weight is 362 g/mol. The Kier molecular flexibility index (Phi) is 4.32. The third-order valence-corrected chi connectivity index (χ3v) is 5.04. The fourth-order valence-corrected chi connectivity index (χ4v) is 3.58. The molecule has 0 N–H and O–H groups in total. The number of amides is 4. The van der Waals surface area contributed by atoms with Crippen molar-refractivity contribution in [2.24, 2.45) is 0 Å². The minimum atomic E-state index is -0.953. The highest BCUT2D eigenvalue weighted by molar-refractivity contribution is 6.45. The minimum absolute atomic E-state index is 0.00772. The zero-order chi connectivity index (χ0) is 19.0. The van der Waals surface area contributed by atoms with Gasteiger partial charge < -0.3 is 0 Å². The number of Topliss-reactive ketones (excluding diaryl/α,β-unsaturated/α-hetero) is 1. The quantitative estimate of drug-likeness (QED) is 0.465. The Morgan fingerprint density at radius 2 is 1.56 bits per heavy atom. The topological polar surface area (TPSA) is 74.8 Å². The molecule has 0 spiro atoms. The standard InChI is InChI=1S/C21H18N2O4/c24-18(17-10-9-15-7-4-8-16(15)11-17)13-23-20(26)19(25)22(21(23)27)12-14-5-2-1-3-6-14/h1-3,5-6,9-11H,4,7-8,12-13H2. The average Bonchev–Trinajstić information content (AvgIpc) is 3.23. The van der Waals surface area contributed by atoms with E-state index in [1.54, 1.807) is 30.3 Å². The van der Waals surface area contributed by atoms with E-state index in [-0.39, 0.29) is 12.3 Å². The molecule has 1 fully saturated rings. The molecule has 1 aliphatic heterocycles. The highest BCUT2D eigenvalue weighted by atomic mass is 16.2. The van der Waals surface area contributed by atoms with Crippen molar-refractivity contribution in [1.29, 1.82) is 0 Å². The molecule has 0 saturated carbocycles. The zero-order valence-corrected chi connectivity index (χ0v) is 14.7. The number of ketones is 1. The normalized spacial score (nSPS) is 16.2. The fraction of sp³-hybridized carbons (Fsp3) is 0.238. The summed E-state index contributed by atoms with van der Waals surface area (Å²) in [7, 11) is 0. The molecular weight excluding hydrogens is 344 g/mol. The first kappa shape index (κ1) is 17.1. The molecule has 0 atom stereocenters. The summed E-state index contributed by atoms with van der Waals surface area (Å²) < 4.78 is 0. The highest BCUT2D eigenvalue weighted by Gasteiger charge is 2.45. The maximum Gasteiger partial charge on any atom is 0.334 e. The third-order valence-electron chi connectivity index (χ3n) is 5.04. The van der Waals surface area contributed by atoms with E-state index in [9.17, 15) is 19.2 Å². The summed E-state index contributed by atoms with van der Waals surface area (Å²) in [6.07, 6.45) is 3.01. The summed E-state index contributed by atoms with van der Waals surface area (Å²) in [6.45, 7) is -0.415. The molecule has 136 valence electrons. The number of hydrogen-bond acceptors (Lipinski definition) is 4. The largest absolute Gasteiger partial charge is 0.334 e. The summed E-state index contributed by atoms with van der Waals surface area (Å²) in [5.74, 6) is -2.20. The van der Waals surface area contributed by atoms with Crippen LogP contribution in [0.15, 0.2) is 48.5 Å². The van der Waals surface area contributed by atoms with Gasteiger partial charge in [-0.1, -0.05) is 42.5 Å². The number of hydrogen-bond donors (Lipinski definition) is 0. The van der Waals surface area contributed by atoms with Crippen LogP contribution < -0.4 is 0 Å². The lowest BCUT2D eigenvalue weighted by Gasteiger charge is -2.15. The Labute approximate surface area is 156 Å². The molecule has 0 bridgehead atoms. The first-order chi connectivity index (χ1) is 13.0. The molecular formula is C21H18N2O4.